The summed E-state index contributed by atoms with van der Waals surface area (Å²) in [6, 6.07) is 12.5. The molecule has 25 heavy (non-hydrogen) atoms. The summed E-state index contributed by atoms with van der Waals surface area (Å²) in [5, 5.41) is 0. The molecule has 0 radical (unpaired) electrons. The summed E-state index contributed by atoms with van der Waals surface area (Å²) in [5.74, 6) is 0. The van der Waals surface area contributed by atoms with Crippen molar-refractivity contribution in [1.29, 1.82) is 0 Å². The van der Waals surface area contributed by atoms with Crippen LogP contribution in [-0.2, 0) is 26.5 Å². The van der Waals surface area contributed by atoms with Gasteiger partial charge in [0, 0.05) is 6.04 Å². The molecule has 0 aliphatic heterocycles. The molecule has 2 aromatic rings. The van der Waals surface area contributed by atoms with Crippen LogP contribution >= 0.6 is 0 Å². The van der Waals surface area contributed by atoms with Crippen LogP contribution in [0.5, 0.6) is 0 Å². The molecule has 1 aliphatic rings. The van der Waals surface area contributed by atoms with Gasteiger partial charge in [-0.3, -0.25) is 4.72 Å². The average molecular weight is 380 g/mol. The smallest absolute Gasteiger partial charge is 0.261 e. The highest BCUT2D eigenvalue weighted by Gasteiger charge is 2.28. The highest BCUT2D eigenvalue weighted by molar-refractivity contribution is 7.93. The maximum atomic E-state index is 12.7. The minimum atomic E-state index is -3.88. The Bertz CT molecular complexity index is 981. The van der Waals surface area contributed by atoms with Gasteiger partial charge in [0.05, 0.1) is 15.5 Å². The van der Waals surface area contributed by atoms with E-state index in [1.807, 2.05) is 19.1 Å². The molecular formula is C17H20N2O4S2. The predicted molar refractivity (Wildman–Crippen MR) is 96.4 cm³/mol. The van der Waals surface area contributed by atoms with Crippen molar-refractivity contribution >= 4 is 25.7 Å². The van der Waals surface area contributed by atoms with Crippen molar-refractivity contribution in [3.63, 3.8) is 0 Å². The Kier molecular flexibility index (Phi) is 4.86. The summed E-state index contributed by atoms with van der Waals surface area (Å²) in [4.78, 5) is -0.136. The highest BCUT2D eigenvalue weighted by atomic mass is 32.2. The predicted octanol–water partition coefficient (Wildman–Crippen LogP) is 2.49. The van der Waals surface area contributed by atoms with E-state index in [4.69, 9.17) is 0 Å². The first-order valence-electron chi connectivity index (χ1n) is 8.05. The number of benzene rings is 2. The lowest BCUT2D eigenvalue weighted by molar-refractivity contribution is 0.580. The molecule has 0 amide bonds. The van der Waals surface area contributed by atoms with E-state index in [2.05, 4.69) is 9.44 Å². The third-order valence-corrected chi connectivity index (χ3v) is 6.85. The first-order valence-corrected chi connectivity index (χ1v) is 11.0. The molecule has 8 heteroatoms. The topological polar surface area (TPSA) is 92.3 Å². The molecule has 0 aromatic heterocycles. The number of aryl methyl sites for hydroxylation is 1. The first-order chi connectivity index (χ1) is 11.8. The zero-order chi connectivity index (χ0) is 18.1. The third-order valence-electron chi connectivity index (χ3n) is 3.97. The van der Waals surface area contributed by atoms with Gasteiger partial charge < -0.3 is 0 Å². The number of anilines is 1. The summed E-state index contributed by atoms with van der Waals surface area (Å²) in [6.07, 6.45) is 2.30. The minimum Gasteiger partial charge on any atom is -0.279 e. The van der Waals surface area contributed by atoms with E-state index in [0.717, 1.165) is 18.4 Å². The highest BCUT2D eigenvalue weighted by Crippen LogP contribution is 2.25. The standard InChI is InChI=1S/C17H20N2O4S2/c1-2-13-6-3-4-9-17(13)19-25(22,23)16-8-5-7-15(12-16)24(20,21)18-14-10-11-14/h3-9,12,14,18-19H,2,10-11H2,1H3. The van der Waals surface area contributed by atoms with Gasteiger partial charge >= 0.3 is 0 Å². The van der Waals surface area contributed by atoms with E-state index in [-0.39, 0.29) is 15.8 Å². The van der Waals surface area contributed by atoms with E-state index in [9.17, 15) is 16.8 Å². The number of rotatable bonds is 7. The Hall–Kier alpha value is -1.90. The van der Waals surface area contributed by atoms with E-state index in [1.54, 1.807) is 12.1 Å². The van der Waals surface area contributed by atoms with E-state index in [1.165, 1.54) is 24.3 Å². The van der Waals surface area contributed by atoms with Crippen molar-refractivity contribution in [1.82, 2.24) is 4.72 Å². The second-order valence-electron chi connectivity index (χ2n) is 5.99. The number of para-hydroxylation sites is 1. The molecule has 0 atom stereocenters. The second kappa shape index (κ2) is 6.78. The molecule has 6 nitrogen and oxygen atoms in total. The summed E-state index contributed by atoms with van der Waals surface area (Å²) in [6.45, 7) is 1.93. The molecule has 134 valence electrons. The average Bonchev–Trinajstić information content (AvgIpc) is 3.38. The summed E-state index contributed by atoms with van der Waals surface area (Å²) >= 11 is 0. The van der Waals surface area contributed by atoms with Gasteiger partial charge in [-0.15, -0.1) is 0 Å². The zero-order valence-electron chi connectivity index (χ0n) is 13.8. The SMILES string of the molecule is CCc1ccccc1NS(=O)(=O)c1cccc(S(=O)(=O)NC2CC2)c1. The molecule has 1 aliphatic carbocycles. The van der Waals surface area contributed by atoms with Crippen molar-refractivity contribution in [2.75, 3.05) is 4.72 Å². The lowest BCUT2D eigenvalue weighted by Gasteiger charge is -2.12. The van der Waals surface area contributed by atoms with Crippen LogP contribution in [0.4, 0.5) is 5.69 Å². The van der Waals surface area contributed by atoms with Gasteiger partial charge in [0.1, 0.15) is 0 Å². The Morgan fingerprint density at radius 3 is 2.20 bits per heavy atom. The molecule has 3 rings (SSSR count). The van der Waals surface area contributed by atoms with Gasteiger partial charge in [-0.1, -0.05) is 31.2 Å². The molecule has 2 N–H and O–H groups in total. The van der Waals surface area contributed by atoms with Crippen LogP contribution < -0.4 is 9.44 Å². The van der Waals surface area contributed by atoms with Crippen LogP contribution in [0.15, 0.2) is 58.3 Å². The van der Waals surface area contributed by atoms with Crippen LogP contribution in [-0.4, -0.2) is 22.9 Å². The fraction of sp³-hybridized carbons (Fsp3) is 0.294. The van der Waals surface area contributed by atoms with Crippen molar-refractivity contribution in [3.05, 3.63) is 54.1 Å². The Morgan fingerprint density at radius 2 is 1.56 bits per heavy atom. The Balaban J connectivity index is 1.91. The summed E-state index contributed by atoms with van der Waals surface area (Å²) < 4.78 is 55.0. The number of hydrogen-bond acceptors (Lipinski definition) is 4. The zero-order valence-corrected chi connectivity index (χ0v) is 15.4. The lowest BCUT2D eigenvalue weighted by atomic mass is 10.1. The van der Waals surface area contributed by atoms with Crippen molar-refractivity contribution in [2.24, 2.45) is 0 Å². The number of nitrogens with one attached hydrogen (secondary N) is 2. The van der Waals surface area contributed by atoms with Crippen LogP contribution in [0, 0.1) is 0 Å². The van der Waals surface area contributed by atoms with Gasteiger partial charge in [0.25, 0.3) is 10.0 Å². The van der Waals surface area contributed by atoms with Crippen molar-refractivity contribution in [2.45, 2.75) is 42.0 Å². The lowest BCUT2D eigenvalue weighted by Crippen LogP contribution is -2.26. The summed E-state index contributed by atoms with van der Waals surface area (Å²) in [7, 11) is -7.59. The van der Waals surface area contributed by atoms with Crippen molar-refractivity contribution < 1.29 is 16.8 Å². The fourth-order valence-electron chi connectivity index (χ4n) is 2.43. The van der Waals surface area contributed by atoms with Gasteiger partial charge in [-0.25, -0.2) is 21.6 Å². The van der Waals surface area contributed by atoms with Gasteiger partial charge in [0.2, 0.25) is 10.0 Å². The van der Waals surface area contributed by atoms with Crippen LogP contribution in [0.25, 0.3) is 0 Å². The molecule has 1 fully saturated rings. The quantitative estimate of drug-likeness (QED) is 0.772. The molecule has 0 unspecified atom stereocenters. The molecule has 1 saturated carbocycles. The van der Waals surface area contributed by atoms with Gasteiger partial charge in [-0.2, -0.15) is 0 Å². The van der Waals surface area contributed by atoms with Gasteiger partial charge in [0.15, 0.2) is 0 Å². The molecule has 0 bridgehead atoms. The monoisotopic (exact) mass is 380 g/mol. The summed E-state index contributed by atoms with van der Waals surface area (Å²) in [5.41, 5.74) is 1.36. The maximum Gasteiger partial charge on any atom is 0.261 e. The molecule has 2 aromatic carbocycles. The van der Waals surface area contributed by atoms with Crippen LogP contribution in [0.3, 0.4) is 0 Å². The van der Waals surface area contributed by atoms with Crippen LogP contribution in [0.1, 0.15) is 25.3 Å². The third kappa shape index (κ3) is 4.20. The second-order valence-corrected chi connectivity index (χ2v) is 9.38. The van der Waals surface area contributed by atoms with E-state index < -0.39 is 20.0 Å². The molecular weight excluding hydrogens is 360 g/mol. The first kappa shape index (κ1) is 17.9. The van der Waals surface area contributed by atoms with Gasteiger partial charge in [-0.05, 0) is 49.1 Å². The Morgan fingerprint density at radius 1 is 0.920 bits per heavy atom. The number of hydrogen-bond donors (Lipinski definition) is 2. The minimum absolute atomic E-state index is 0.0418. The normalized spacial score (nSPS) is 15.1. The van der Waals surface area contributed by atoms with E-state index in [0.29, 0.717) is 12.1 Å². The largest absolute Gasteiger partial charge is 0.279 e. The van der Waals surface area contributed by atoms with Crippen LogP contribution in [0.2, 0.25) is 0 Å². The number of sulfonamides is 2. The Labute approximate surface area is 148 Å². The molecule has 0 heterocycles. The molecule has 0 saturated heterocycles. The maximum absolute atomic E-state index is 12.7. The fourth-order valence-corrected chi connectivity index (χ4v) is 5.00. The van der Waals surface area contributed by atoms with E-state index >= 15 is 0 Å². The van der Waals surface area contributed by atoms with Crippen molar-refractivity contribution in [3.8, 4) is 0 Å². The molecule has 0 spiro atoms.